The van der Waals surface area contributed by atoms with Crippen LogP contribution in [0.1, 0.15) is 20.3 Å². The molecule has 0 aromatic heterocycles. The summed E-state index contributed by atoms with van der Waals surface area (Å²) >= 11 is 0. The molecule has 0 amide bonds. The van der Waals surface area contributed by atoms with Crippen molar-refractivity contribution < 1.29 is 9.90 Å². The van der Waals surface area contributed by atoms with Crippen molar-refractivity contribution in [2.45, 2.75) is 26.4 Å². The zero-order chi connectivity index (χ0) is 8.15. The predicted molar refractivity (Wildman–Crippen MR) is 39.5 cm³/mol. The maximum atomic E-state index is 10.6. The molecule has 0 heterocycles. The Labute approximate surface area is 61.2 Å². The monoisotopic (exact) mass is 145 g/mol. The van der Waals surface area contributed by atoms with E-state index in [2.05, 4.69) is 0 Å². The van der Waals surface area contributed by atoms with Crippen LogP contribution in [0.5, 0.6) is 0 Å². The molecule has 1 atom stereocenters. The van der Waals surface area contributed by atoms with Gasteiger partial charge in [0.2, 0.25) is 0 Å². The summed E-state index contributed by atoms with van der Waals surface area (Å²) in [7, 11) is 0. The minimum absolute atomic E-state index is 0.0315. The summed E-state index contributed by atoms with van der Waals surface area (Å²) in [5.74, 6) is 0.0525. The number of hydrogen-bond donors (Lipinski definition) is 2. The molecule has 3 heteroatoms. The second-order valence-electron chi connectivity index (χ2n) is 2.76. The summed E-state index contributed by atoms with van der Waals surface area (Å²) in [5.41, 5.74) is 5.06. The number of rotatable bonds is 4. The van der Waals surface area contributed by atoms with Crippen LogP contribution < -0.4 is 5.73 Å². The first-order chi connectivity index (χ1) is 4.57. The lowest BCUT2D eigenvalue weighted by molar-refractivity contribution is -0.120. The minimum atomic E-state index is -0.531. The second kappa shape index (κ2) is 4.41. The summed E-state index contributed by atoms with van der Waals surface area (Å²) in [4.78, 5) is 10.6. The second-order valence-corrected chi connectivity index (χ2v) is 2.76. The van der Waals surface area contributed by atoms with Crippen molar-refractivity contribution in [1.29, 1.82) is 0 Å². The first-order valence-corrected chi connectivity index (χ1v) is 3.47. The van der Waals surface area contributed by atoms with Crippen molar-refractivity contribution >= 4 is 5.78 Å². The maximum Gasteiger partial charge on any atom is 0.148 e. The van der Waals surface area contributed by atoms with E-state index >= 15 is 0 Å². The van der Waals surface area contributed by atoms with E-state index < -0.39 is 6.10 Å². The van der Waals surface area contributed by atoms with Crippen molar-refractivity contribution in [2.75, 3.05) is 6.54 Å². The van der Waals surface area contributed by atoms with Crippen LogP contribution >= 0.6 is 0 Å². The lowest BCUT2D eigenvalue weighted by Gasteiger charge is -2.11. The third-order valence-corrected chi connectivity index (χ3v) is 1.43. The first kappa shape index (κ1) is 9.59. The van der Waals surface area contributed by atoms with Crippen molar-refractivity contribution in [1.82, 2.24) is 0 Å². The molecule has 3 nitrogen and oxygen atoms in total. The molecule has 0 aromatic carbocycles. The van der Waals surface area contributed by atoms with Gasteiger partial charge >= 0.3 is 0 Å². The lowest BCUT2D eigenvalue weighted by atomic mass is 10.0. The normalized spacial score (nSPS) is 13.7. The van der Waals surface area contributed by atoms with Crippen LogP contribution in [0.4, 0.5) is 0 Å². The average Bonchev–Trinajstić information content (AvgIpc) is 1.87. The molecule has 1 unspecified atom stereocenters. The molecular formula is C7H15NO2. The fourth-order valence-electron chi connectivity index (χ4n) is 0.552. The molecule has 0 aliphatic heterocycles. The highest BCUT2D eigenvalue weighted by molar-refractivity contribution is 5.80. The van der Waals surface area contributed by atoms with Gasteiger partial charge in [0.1, 0.15) is 5.78 Å². The van der Waals surface area contributed by atoms with E-state index in [9.17, 15) is 4.79 Å². The predicted octanol–water partition coefficient (Wildman–Crippen LogP) is -0.0788. The summed E-state index contributed by atoms with van der Waals surface area (Å²) in [6.07, 6.45) is -0.343. The molecule has 0 bridgehead atoms. The van der Waals surface area contributed by atoms with E-state index in [1.165, 1.54) is 0 Å². The number of hydrogen-bond acceptors (Lipinski definition) is 3. The Morgan fingerprint density at radius 3 is 2.40 bits per heavy atom. The number of Topliss-reactive ketones (excluding diaryl/α,β-unsaturated/α-hetero) is 1. The van der Waals surface area contributed by atoms with Gasteiger partial charge in [-0.2, -0.15) is 0 Å². The van der Waals surface area contributed by atoms with Crippen molar-refractivity contribution in [2.24, 2.45) is 11.7 Å². The molecule has 0 rings (SSSR count). The van der Waals surface area contributed by atoms with E-state index in [1.54, 1.807) is 0 Å². The molecule has 0 saturated heterocycles. The Hall–Kier alpha value is -0.410. The van der Waals surface area contributed by atoms with Gasteiger partial charge in [-0.15, -0.1) is 0 Å². The molecule has 3 N–H and O–H groups in total. The van der Waals surface area contributed by atoms with Crippen LogP contribution in [0.3, 0.4) is 0 Å². The number of aliphatic hydroxyl groups is 1. The van der Waals surface area contributed by atoms with Crippen molar-refractivity contribution in [3.63, 3.8) is 0 Å². The summed E-state index contributed by atoms with van der Waals surface area (Å²) < 4.78 is 0. The van der Waals surface area contributed by atoms with E-state index in [0.29, 0.717) is 0 Å². The number of carbonyl (C=O) groups is 1. The standard InChI is InChI=1S/C7H15NO2/c1-5(2)7(10)3-6(9)4-8/h5,7,10H,3-4,8H2,1-2H3. The van der Waals surface area contributed by atoms with Crippen LogP contribution in [0, 0.1) is 5.92 Å². The number of nitrogens with two attached hydrogens (primary N) is 1. The Kier molecular flexibility index (Phi) is 4.23. The van der Waals surface area contributed by atoms with Crippen LogP contribution in [0.25, 0.3) is 0 Å². The highest BCUT2D eigenvalue weighted by Crippen LogP contribution is 2.04. The summed E-state index contributed by atoms with van der Waals surface area (Å²) in [5, 5.41) is 9.15. The fraction of sp³-hybridized carbons (Fsp3) is 0.857. The van der Waals surface area contributed by atoms with Crippen molar-refractivity contribution in [3.05, 3.63) is 0 Å². The van der Waals surface area contributed by atoms with Gasteiger partial charge in [0, 0.05) is 6.42 Å². The number of aliphatic hydroxyl groups excluding tert-OH is 1. The van der Waals surface area contributed by atoms with Crippen LogP contribution in [0.15, 0.2) is 0 Å². The lowest BCUT2D eigenvalue weighted by Crippen LogP contribution is -2.23. The summed E-state index contributed by atoms with van der Waals surface area (Å²) in [6.45, 7) is 3.77. The SMILES string of the molecule is CC(C)C(O)CC(=O)CN. The molecule has 60 valence electrons. The Balaban J connectivity index is 3.57. The molecule has 0 aromatic rings. The zero-order valence-electron chi connectivity index (χ0n) is 6.50. The van der Waals surface area contributed by atoms with E-state index in [0.717, 1.165) is 0 Å². The van der Waals surface area contributed by atoms with Gasteiger partial charge < -0.3 is 10.8 Å². The third kappa shape index (κ3) is 3.58. The average molecular weight is 145 g/mol. The molecular weight excluding hydrogens is 130 g/mol. The topological polar surface area (TPSA) is 63.3 Å². The molecule has 0 spiro atoms. The smallest absolute Gasteiger partial charge is 0.148 e. The van der Waals surface area contributed by atoms with Crippen molar-refractivity contribution in [3.8, 4) is 0 Å². The van der Waals surface area contributed by atoms with Gasteiger partial charge in [-0.25, -0.2) is 0 Å². The quantitative estimate of drug-likeness (QED) is 0.581. The van der Waals surface area contributed by atoms with Gasteiger partial charge in [-0.3, -0.25) is 4.79 Å². The van der Waals surface area contributed by atoms with Crippen LogP contribution in [-0.2, 0) is 4.79 Å². The van der Waals surface area contributed by atoms with Gasteiger partial charge in [0.15, 0.2) is 0 Å². The fourth-order valence-corrected chi connectivity index (χ4v) is 0.552. The minimum Gasteiger partial charge on any atom is -0.392 e. The molecule has 0 radical (unpaired) electrons. The summed E-state index contributed by atoms with van der Waals surface area (Å²) in [6, 6.07) is 0. The number of carbonyl (C=O) groups excluding carboxylic acids is 1. The molecule has 10 heavy (non-hydrogen) atoms. The molecule has 0 aliphatic carbocycles. The number of ketones is 1. The molecule has 0 saturated carbocycles. The van der Waals surface area contributed by atoms with Gasteiger partial charge in [0.05, 0.1) is 12.6 Å². The maximum absolute atomic E-state index is 10.6. The Bertz CT molecular complexity index is 112. The van der Waals surface area contributed by atoms with Gasteiger partial charge in [0.25, 0.3) is 0 Å². The highest BCUT2D eigenvalue weighted by atomic mass is 16.3. The zero-order valence-corrected chi connectivity index (χ0v) is 6.50. The van der Waals surface area contributed by atoms with E-state index in [1.807, 2.05) is 13.8 Å². The Morgan fingerprint density at radius 2 is 2.10 bits per heavy atom. The van der Waals surface area contributed by atoms with Gasteiger partial charge in [-0.1, -0.05) is 13.8 Å². The van der Waals surface area contributed by atoms with Crippen LogP contribution in [-0.4, -0.2) is 23.5 Å². The van der Waals surface area contributed by atoms with Crippen LogP contribution in [0.2, 0.25) is 0 Å². The first-order valence-electron chi connectivity index (χ1n) is 3.47. The molecule has 0 fully saturated rings. The highest BCUT2D eigenvalue weighted by Gasteiger charge is 2.12. The third-order valence-electron chi connectivity index (χ3n) is 1.43. The molecule has 0 aliphatic rings. The van der Waals surface area contributed by atoms with E-state index in [4.69, 9.17) is 10.8 Å². The van der Waals surface area contributed by atoms with Gasteiger partial charge in [-0.05, 0) is 5.92 Å². The Morgan fingerprint density at radius 1 is 1.60 bits per heavy atom. The largest absolute Gasteiger partial charge is 0.392 e. The van der Waals surface area contributed by atoms with E-state index in [-0.39, 0.29) is 24.7 Å².